The first kappa shape index (κ1) is 22.0. The molecule has 166 valence electrons. The molecular weight excluding hydrogens is 442 g/mol. The van der Waals surface area contributed by atoms with Crippen LogP contribution in [-0.2, 0) is 15.9 Å². The maximum absolute atomic E-state index is 12.6. The van der Waals surface area contributed by atoms with E-state index in [-0.39, 0.29) is 12.5 Å². The van der Waals surface area contributed by atoms with Gasteiger partial charge in [0.25, 0.3) is 5.91 Å². The van der Waals surface area contributed by atoms with E-state index in [0.717, 1.165) is 35.4 Å². The summed E-state index contributed by atoms with van der Waals surface area (Å²) in [5.74, 6) is -0.382. The Bertz CT molecular complexity index is 976. The smallest absolute Gasteiger partial charge is 0.413 e. The average Bonchev–Trinajstić information content (AvgIpc) is 3.32. The highest BCUT2D eigenvalue weighted by atomic mass is 35.5. The van der Waals surface area contributed by atoms with Gasteiger partial charge in [0, 0.05) is 25.2 Å². The number of amides is 2. The number of aliphatic hydroxyl groups excluding tert-OH is 1. The molecule has 1 aromatic carbocycles. The normalized spacial score (nSPS) is 23.6. The number of ether oxygens (including phenoxy) is 2. The van der Waals surface area contributed by atoms with Crippen LogP contribution in [-0.4, -0.2) is 61.1 Å². The molecule has 0 aliphatic carbocycles. The number of nitrogens with one attached hydrogen (secondary N) is 2. The Morgan fingerprint density at radius 1 is 1.35 bits per heavy atom. The molecule has 1 fully saturated rings. The van der Waals surface area contributed by atoms with E-state index in [1.54, 1.807) is 24.3 Å². The standard InChI is InChI=1S/C21H24ClN3O5S/c1-25-8-6-13-2-3-14(10-15(13)16(26)11-25)23-20(28)30-21(7-9-29-12-21)24-19(27)17-4-5-18(22)31-17/h2-5,10,16,26H,6-9,11-12H2,1H3,(H,23,28)(H,24,27). The molecule has 0 radical (unpaired) electrons. The summed E-state index contributed by atoms with van der Waals surface area (Å²) >= 11 is 7.05. The molecule has 0 bridgehead atoms. The molecule has 31 heavy (non-hydrogen) atoms. The van der Waals surface area contributed by atoms with Crippen LogP contribution in [0.25, 0.3) is 0 Å². The Morgan fingerprint density at radius 3 is 2.90 bits per heavy atom. The van der Waals surface area contributed by atoms with Gasteiger partial charge in [-0.25, -0.2) is 4.79 Å². The molecule has 4 rings (SSSR count). The summed E-state index contributed by atoms with van der Waals surface area (Å²) in [6.45, 7) is 1.80. The lowest BCUT2D eigenvalue weighted by Gasteiger charge is -2.28. The van der Waals surface area contributed by atoms with Crippen molar-refractivity contribution in [3.8, 4) is 0 Å². The van der Waals surface area contributed by atoms with Gasteiger partial charge in [0.1, 0.15) is 6.61 Å². The molecule has 0 saturated carbocycles. The van der Waals surface area contributed by atoms with Crippen LogP contribution in [0.2, 0.25) is 4.34 Å². The van der Waals surface area contributed by atoms with Crippen LogP contribution in [0, 0.1) is 0 Å². The second kappa shape index (κ2) is 9.13. The van der Waals surface area contributed by atoms with E-state index in [4.69, 9.17) is 21.1 Å². The van der Waals surface area contributed by atoms with Gasteiger partial charge in [0.05, 0.1) is 21.9 Å². The number of hydrogen-bond donors (Lipinski definition) is 3. The fraction of sp³-hybridized carbons (Fsp3) is 0.429. The Hall–Kier alpha value is -2.17. The average molecular weight is 466 g/mol. The summed E-state index contributed by atoms with van der Waals surface area (Å²) in [5, 5.41) is 16.0. The first-order chi connectivity index (χ1) is 14.8. The van der Waals surface area contributed by atoms with Crippen molar-refractivity contribution in [3.05, 3.63) is 50.7 Å². The number of likely N-dealkylation sites (N-methyl/N-ethyl adjacent to an activating group) is 1. The number of aliphatic hydroxyl groups is 1. The van der Waals surface area contributed by atoms with Gasteiger partial charge < -0.3 is 24.8 Å². The summed E-state index contributed by atoms with van der Waals surface area (Å²) in [4.78, 5) is 27.7. The monoisotopic (exact) mass is 465 g/mol. The molecule has 2 aliphatic heterocycles. The van der Waals surface area contributed by atoms with Crippen molar-refractivity contribution < 1.29 is 24.2 Å². The van der Waals surface area contributed by atoms with Gasteiger partial charge in [0.15, 0.2) is 0 Å². The van der Waals surface area contributed by atoms with Crippen LogP contribution in [0.5, 0.6) is 0 Å². The SMILES string of the molecule is CN1CCc2ccc(NC(=O)OC3(NC(=O)c4ccc(Cl)s4)CCOC3)cc2C(O)C1. The summed E-state index contributed by atoms with van der Waals surface area (Å²) in [6, 6.07) is 8.71. The van der Waals surface area contributed by atoms with Crippen LogP contribution in [0.3, 0.4) is 0 Å². The van der Waals surface area contributed by atoms with Crippen LogP contribution >= 0.6 is 22.9 Å². The number of fused-ring (bicyclic) bond motifs is 1. The van der Waals surface area contributed by atoms with E-state index in [0.29, 0.717) is 34.5 Å². The molecule has 1 aromatic heterocycles. The third-order valence-corrected chi connectivity index (χ3v) is 6.64. The van der Waals surface area contributed by atoms with Gasteiger partial charge >= 0.3 is 6.09 Å². The minimum Gasteiger partial charge on any atom is -0.420 e. The van der Waals surface area contributed by atoms with Crippen molar-refractivity contribution in [2.45, 2.75) is 24.7 Å². The maximum atomic E-state index is 12.6. The lowest BCUT2D eigenvalue weighted by molar-refractivity contribution is -0.0113. The first-order valence-electron chi connectivity index (χ1n) is 9.99. The number of carbonyl (C=O) groups excluding carboxylic acids is 2. The summed E-state index contributed by atoms with van der Waals surface area (Å²) in [6.07, 6.45) is -0.185. The van der Waals surface area contributed by atoms with E-state index in [1.807, 2.05) is 13.1 Å². The topological polar surface area (TPSA) is 100 Å². The zero-order valence-electron chi connectivity index (χ0n) is 17.0. The van der Waals surface area contributed by atoms with Crippen LogP contribution < -0.4 is 10.6 Å². The van der Waals surface area contributed by atoms with Crippen molar-refractivity contribution in [2.24, 2.45) is 0 Å². The Kier molecular flexibility index (Phi) is 6.49. The van der Waals surface area contributed by atoms with Crippen LogP contribution in [0.4, 0.5) is 10.5 Å². The molecule has 3 N–H and O–H groups in total. The zero-order valence-corrected chi connectivity index (χ0v) is 18.6. The predicted octanol–water partition coefficient (Wildman–Crippen LogP) is 3.02. The van der Waals surface area contributed by atoms with Crippen molar-refractivity contribution in [1.29, 1.82) is 0 Å². The number of β-amino-alcohol motifs (C(OH)–C–C–N with tert-alkyl or cyclic N) is 1. The quantitative estimate of drug-likeness (QED) is 0.600. The summed E-state index contributed by atoms with van der Waals surface area (Å²) in [5.41, 5.74) is 1.10. The molecule has 2 amide bonds. The minimum absolute atomic E-state index is 0.0561. The molecule has 1 saturated heterocycles. The Labute approximate surface area is 189 Å². The van der Waals surface area contributed by atoms with Crippen molar-refractivity contribution in [1.82, 2.24) is 10.2 Å². The largest absolute Gasteiger partial charge is 0.420 e. The van der Waals surface area contributed by atoms with Gasteiger partial charge in [-0.2, -0.15) is 0 Å². The zero-order chi connectivity index (χ0) is 22.0. The third kappa shape index (κ3) is 5.19. The van der Waals surface area contributed by atoms with E-state index in [1.165, 1.54) is 0 Å². The molecule has 2 atom stereocenters. The summed E-state index contributed by atoms with van der Waals surface area (Å²) < 4.78 is 11.5. The number of anilines is 1. The summed E-state index contributed by atoms with van der Waals surface area (Å²) in [7, 11) is 1.97. The van der Waals surface area contributed by atoms with E-state index < -0.39 is 17.9 Å². The van der Waals surface area contributed by atoms with E-state index in [2.05, 4.69) is 15.5 Å². The number of rotatable bonds is 4. The lowest BCUT2D eigenvalue weighted by Crippen LogP contribution is -2.52. The number of nitrogens with zero attached hydrogens (tertiary/aromatic N) is 1. The van der Waals surface area contributed by atoms with Crippen molar-refractivity contribution >= 4 is 40.6 Å². The molecule has 0 spiro atoms. The van der Waals surface area contributed by atoms with E-state index in [9.17, 15) is 14.7 Å². The molecule has 2 aromatic rings. The first-order valence-corrected chi connectivity index (χ1v) is 11.2. The van der Waals surface area contributed by atoms with Gasteiger partial charge in [-0.1, -0.05) is 17.7 Å². The van der Waals surface area contributed by atoms with Crippen molar-refractivity contribution in [3.63, 3.8) is 0 Å². The fourth-order valence-electron chi connectivity index (χ4n) is 3.78. The predicted molar refractivity (Wildman–Crippen MR) is 118 cm³/mol. The third-order valence-electron chi connectivity index (χ3n) is 5.41. The Morgan fingerprint density at radius 2 is 2.19 bits per heavy atom. The number of benzene rings is 1. The van der Waals surface area contributed by atoms with Crippen LogP contribution in [0.15, 0.2) is 30.3 Å². The van der Waals surface area contributed by atoms with Crippen LogP contribution in [0.1, 0.15) is 33.3 Å². The van der Waals surface area contributed by atoms with Gasteiger partial charge in [-0.15, -0.1) is 11.3 Å². The number of thiophene rings is 1. The molecule has 2 aliphatic rings. The highest BCUT2D eigenvalue weighted by Gasteiger charge is 2.41. The maximum Gasteiger partial charge on any atom is 0.413 e. The number of halogens is 1. The number of carbonyl (C=O) groups is 2. The Balaban J connectivity index is 1.44. The molecule has 8 nitrogen and oxygen atoms in total. The molecule has 3 heterocycles. The molecule has 10 heteroatoms. The lowest BCUT2D eigenvalue weighted by atomic mass is 10.0. The second-order valence-corrected chi connectivity index (χ2v) is 9.53. The highest BCUT2D eigenvalue weighted by Crippen LogP contribution is 2.28. The van der Waals surface area contributed by atoms with Gasteiger partial charge in [-0.05, 0) is 48.9 Å². The van der Waals surface area contributed by atoms with E-state index >= 15 is 0 Å². The minimum atomic E-state index is -1.26. The molecular formula is C21H24ClN3O5S. The number of hydrogen-bond acceptors (Lipinski definition) is 7. The van der Waals surface area contributed by atoms with Crippen molar-refractivity contribution in [2.75, 3.05) is 38.7 Å². The fourth-order valence-corrected chi connectivity index (χ4v) is 4.72. The van der Waals surface area contributed by atoms with Gasteiger partial charge in [0.2, 0.25) is 5.72 Å². The van der Waals surface area contributed by atoms with Gasteiger partial charge in [-0.3, -0.25) is 10.1 Å². The molecule has 2 unspecified atom stereocenters. The second-order valence-electron chi connectivity index (χ2n) is 7.81. The highest BCUT2D eigenvalue weighted by molar-refractivity contribution is 7.18.